The van der Waals surface area contributed by atoms with E-state index in [2.05, 4.69) is 54.6 Å². The summed E-state index contributed by atoms with van der Waals surface area (Å²) in [4.78, 5) is 14.4. The molecule has 6 rings (SSSR count). The molecule has 4 aromatic rings. The predicted octanol–water partition coefficient (Wildman–Crippen LogP) is 0.526. The number of carbonyl (C=O) groups excluding carboxylic acids is 1. The van der Waals surface area contributed by atoms with Gasteiger partial charge >= 0.3 is 0 Å². The highest BCUT2D eigenvalue weighted by molar-refractivity contribution is 6.16. The van der Waals surface area contributed by atoms with Crippen LogP contribution in [0.3, 0.4) is 0 Å². The van der Waals surface area contributed by atoms with Gasteiger partial charge < -0.3 is 17.3 Å². The third kappa shape index (κ3) is 2.80. The average Bonchev–Trinajstić information content (AvgIpc) is 3.09. The molecule has 3 nitrogen and oxygen atoms in total. The van der Waals surface area contributed by atoms with Crippen LogP contribution < -0.4 is 17.3 Å². The van der Waals surface area contributed by atoms with Crippen LogP contribution in [0.4, 0.5) is 0 Å². The first-order valence-corrected chi connectivity index (χ1v) is 10.3. The SMILES string of the molecule is O=C1CCc2cc3c(c4c5ccccc5n1c24)C[NH+](Cc1ccccc1)CC3.[Cl-]. The van der Waals surface area contributed by atoms with Crippen molar-refractivity contribution in [2.75, 3.05) is 6.54 Å². The molecular weight excluding hydrogens is 380 g/mol. The summed E-state index contributed by atoms with van der Waals surface area (Å²) in [6.07, 6.45) is 2.61. The van der Waals surface area contributed by atoms with E-state index < -0.39 is 0 Å². The van der Waals surface area contributed by atoms with Crippen molar-refractivity contribution in [3.05, 3.63) is 82.9 Å². The summed E-state index contributed by atoms with van der Waals surface area (Å²) in [6, 6.07) is 21.6. The minimum Gasteiger partial charge on any atom is -1.00 e. The van der Waals surface area contributed by atoms with E-state index in [4.69, 9.17) is 0 Å². The molecule has 1 N–H and O–H groups in total. The number of nitrogens with zero attached hydrogens (tertiary/aromatic N) is 1. The Morgan fingerprint density at radius 3 is 2.55 bits per heavy atom. The molecule has 0 saturated carbocycles. The Bertz CT molecular complexity index is 1240. The van der Waals surface area contributed by atoms with Crippen molar-refractivity contribution in [3.8, 4) is 0 Å². The second-order valence-electron chi connectivity index (χ2n) is 8.23. The number of halogens is 1. The lowest BCUT2D eigenvalue weighted by atomic mass is 9.90. The summed E-state index contributed by atoms with van der Waals surface area (Å²) in [5.41, 5.74) is 7.96. The number of carbonyl (C=O) groups is 1. The maximum atomic E-state index is 12.8. The summed E-state index contributed by atoms with van der Waals surface area (Å²) in [6.45, 7) is 3.26. The number of quaternary nitrogens is 1. The van der Waals surface area contributed by atoms with Crippen LogP contribution in [0.5, 0.6) is 0 Å². The Labute approximate surface area is 176 Å². The Hall–Kier alpha value is -2.62. The van der Waals surface area contributed by atoms with Crippen LogP contribution in [0.25, 0.3) is 21.8 Å². The first-order chi connectivity index (χ1) is 13.8. The number of hydrogen-bond acceptors (Lipinski definition) is 1. The highest BCUT2D eigenvalue weighted by Gasteiger charge is 2.30. The molecule has 0 saturated heterocycles. The normalized spacial score (nSPS) is 17.9. The largest absolute Gasteiger partial charge is 1.00 e. The van der Waals surface area contributed by atoms with E-state index in [1.54, 1.807) is 4.90 Å². The Balaban J connectivity index is 0.00000181. The van der Waals surface area contributed by atoms with Gasteiger partial charge in [-0.15, -0.1) is 0 Å². The van der Waals surface area contributed by atoms with Gasteiger partial charge in [0.1, 0.15) is 13.1 Å². The van der Waals surface area contributed by atoms with Crippen LogP contribution in [0.2, 0.25) is 0 Å². The maximum Gasteiger partial charge on any atom is 0.231 e. The monoisotopic (exact) mass is 402 g/mol. The van der Waals surface area contributed by atoms with Crippen molar-refractivity contribution >= 4 is 27.7 Å². The maximum absolute atomic E-state index is 12.8. The zero-order valence-electron chi connectivity index (χ0n) is 16.2. The zero-order chi connectivity index (χ0) is 18.7. The number of benzene rings is 3. The van der Waals surface area contributed by atoms with Crippen molar-refractivity contribution in [1.82, 2.24) is 4.57 Å². The van der Waals surface area contributed by atoms with Gasteiger partial charge in [-0.05, 0) is 23.6 Å². The fourth-order valence-electron chi connectivity index (χ4n) is 5.29. The number of rotatable bonds is 2. The second kappa shape index (κ2) is 7.01. The molecule has 1 unspecified atom stereocenters. The highest BCUT2D eigenvalue weighted by atomic mass is 35.5. The number of fused-ring (bicyclic) bond motifs is 5. The molecule has 1 aromatic heterocycles. The van der Waals surface area contributed by atoms with E-state index in [1.807, 2.05) is 10.6 Å². The van der Waals surface area contributed by atoms with Crippen molar-refractivity contribution in [3.63, 3.8) is 0 Å². The van der Waals surface area contributed by atoms with Crippen LogP contribution in [-0.4, -0.2) is 17.0 Å². The van der Waals surface area contributed by atoms with Crippen molar-refractivity contribution in [2.24, 2.45) is 0 Å². The fraction of sp³-hybridized carbons (Fsp3) is 0.240. The topological polar surface area (TPSA) is 26.4 Å². The molecule has 0 spiro atoms. The average molecular weight is 403 g/mol. The molecular formula is C25H23ClN2O. The Morgan fingerprint density at radius 1 is 0.897 bits per heavy atom. The van der Waals surface area contributed by atoms with Crippen LogP contribution >= 0.6 is 0 Å². The smallest absolute Gasteiger partial charge is 0.231 e. The molecule has 29 heavy (non-hydrogen) atoms. The van der Waals surface area contributed by atoms with Crippen LogP contribution in [-0.2, 0) is 25.9 Å². The molecule has 3 aromatic carbocycles. The lowest BCUT2D eigenvalue weighted by Gasteiger charge is -2.28. The Kier molecular flexibility index (Phi) is 4.45. The zero-order valence-corrected chi connectivity index (χ0v) is 17.0. The lowest BCUT2D eigenvalue weighted by Crippen LogP contribution is -3.10. The summed E-state index contributed by atoms with van der Waals surface area (Å²) in [5, 5.41) is 2.58. The van der Waals surface area contributed by atoms with Crippen LogP contribution in [0.1, 0.15) is 33.5 Å². The van der Waals surface area contributed by atoms with Gasteiger partial charge in [0.15, 0.2) is 0 Å². The summed E-state index contributed by atoms with van der Waals surface area (Å²) in [7, 11) is 0. The quantitative estimate of drug-likeness (QED) is 0.520. The number of nitrogens with one attached hydrogen (secondary N) is 1. The van der Waals surface area contributed by atoms with Gasteiger partial charge in [0, 0.05) is 34.7 Å². The predicted molar refractivity (Wildman–Crippen MR) is 112 cm³/mol. The van der Waals surface area contributed by atoms with Gasteiger partial charge in [0.2, 0.25) is 5.91 Å². The molecule has 4 heteroatoms. The van der Waals surface area contributed by atoms with E-state index in [0.717, 1.165) is 31.4 Å². The highest BCUT2D eigenvalue weighted by Crippen LogP contribution is 2.38. The van der Waals surface area contributed by atoms with Gasteiger partial charge in [0.25, 0.3) is 0 Å². The molecule has 2 aliphatic heterocycles. The van der Waals surface area contributed by atoms with Crippen LogP contribution in [0.15, 0.2) is 60.7 Å². The molecule has 0 aliphatic carbocycles. The Morgan fingerprint density at radius 2 is 1.69 bits per heavy atom. The van der Waals surface area contributed by atoms with E-state index in [9.17, 15) is 4.79 Å². The minimum atomic E-state index is 0. The van der Waals surface area contributed by atoms with Crippen molar-refractivity contribution in [1.29, 1.82) is 0 Å². The fourth-order valence-corrected chi connectivity index (χ4v) is 5.29. The van der Waals surface area contributed by atoms with Gasteiger partial charge in [-0.3, -0.25) is 9.36 Å². The lowest BCUT2D eigenvalue weighted by molar-refractivity contribution is -0.929. The summed E-state index contributed by atoms with van der Waals surface area (Å²) in [5.74, 6) is 0.239. The van der Waals surface area contributed by atoms with Crippen molar-refractivity contribution < 1.29 is 22.1 Å². The molecule has 1 atom stereocenters. The third-order valence-corrected chi connectivity index (χ3v) is 6.55. The van der Waals surface area contributed by atoms with E-state index >= 15 is 0 Å². The minimum absolute atomic E-state index is 0. The molecule has 0 fully saturated rings. The molecule has 2 aliphatic rings. The van der Waals surface area contributed by atoms with E-state index in [0.29, 0.717) is 6.42 Å². The third-order valence-electron chi connectivity index (χ3n) is 6.55. The second-order valence-corrected chi connectivity index (χ2v) is 8.23. The number of aromatic nitrogens is 1. The summed E-state index contributed by atoms with van der Waals surface area (Å²) < 4.78 is 2.00. The first kappa shape index (κ1) is 18.4. The van der Waals surface area contributed by atoms with E-state index in [-0.39, 0.29) is 18.3 Å². The first-order valence-electron chi connectivity index (χ1n) is 10.3. The van der Waals surface area contributed by atoms with Crippen LogP contribution in [0, 0.1) is 0 Å². The van der Waals surface area contributed by atoms with Gasteiger partial charge in [-0.1, -0.05) is 54.6 Å². The van der Waals surface area contributed by atoms with E-state index in [1.165, 1.54) is 45.1 Å². The summed E-state index contributed by atoms with van der Waals surface area (Å²) >= 11 is 0. The van der Waals surface area contributed by atoms with Gasteiger partial charge in [-0.25, -0.2) is 0 Å². The molecule has 0 amide bonds. The number of hydrogen-bond donors (Lipinski definition) is 1. The standard InChI is InChI=1S/C25H22N2O.ClH/c28-23-11-10-19-14-18-12-13-26(15-17-6-2-1-3-7-17)16-21(18)24-20-8-4-5-9-22(20)27(23)25(19)24;/h1-9,14H,10-13,15-16H2;1H. The van der Waals surface area contributed by atoms with Gasteiger partial charge in [-0.2, -0.15) is 0 Å². The molecule has 146 valence electrons. The van der Waals surface area contributed by atoms with Gasteiger partial charge in [0.05, 0.1) is 17.6 Å². The number of aryl methyl sites for hydroxylation is 1. The molecule has 3 heterocycles. The molecule has 0 radical (unpaired) electrons. The molecule has 0 bridgehead atoms. The number of para-hydroxylation sites is 1. The van der Waals surface area contributed by atoms with Crippen molar-refractivity contribution in [2.45, 2.75) is 32.4 Å².